The molecule has 7 heteroatoms. The van der Waals surface area contributed by atoms with Crippen molar-refractivity contribution in [3.8, 4) is 23.0 Å². The lowest BCUT2D eigenvalue weighted by atomic mass is 10.2. The van der Waals surface area contributed by atoms with E-state index in [4.69, 9.17) is 13.9 Å². The van der Waals surface area contributed by atoms with E-state index in [1.165, 1.54) is 12.2 Å². The fourth-order valence-electron chi connectivity index (χ4n) is 2.09. The summed E-state index contributed by atoms with van der Waals surface area (Å²) < 4.78 is 16.3. The van der Waals surface area contributed by atoms with Gasteiger partial charge in [0.1, 0.15) is 0 Å². The zero-order chi connectivity index (χ0) is 14.7. The van der Waals surface area contributed by atoms with Crippen LogP contribution in [-0.2, 0) is 0 Å². The quantitative estimate of drug-likeness (QED) is 0.836. The number of aromatic nitrogens is 2. The first kappa shape index (κ1) is 14.6. The van der Waals surface area contributed by atoms with Gasteiger partial charge in [-0.1, -0.05) is 11.8 Å². The summed E-state index contributed by atoms with van der Waals surface area (Å²) in [5.41, 5.74) is 0.827. The monoisotopic (exact) mass is 324 g/mol. The van der Waals surface area contributed by atoms with Crippen LogP contribution in [0.5, 0.6) is 11.5 Å². The third-order valence-electron chi connectivity index (χ3n) is 3.19. The predicted molar refractivity (Wildman–Crippen MR) is 84.4 cm³/mol. The van der Waals surface area contributed by atoms with Gasteiger partial charge in [-0.15, -0.1) is 10.2 Å². The van der Waals surface area contributed by atoms with Crippen molar-refractivity contribution >= 4 is 23.5 Å². The molecule has 0 unspecified atom stereocenters. The Labute approximate surface area is 131 Å². The van der Waals surface area contributed by atoms with Gasteiger partial charge in [-0.25, -0.2) is 0 Å². The summed E-state index contributed by atoms with van der Waals surface area (Å²) in [7, 11) is 3.22. The largest absolute Gasteiger partial charge is 0.493 e. The van der Waals surface area contributed by atoms with Crippen molar-refractivity contribution in [2.24, 2.45) is 0 Å². The van der Waals surface area contributed by atoms with Crippen LogP contribution in [0.3, 0.4) is 0 Å². The van der Waals surface area contributed by atoms with E-state index in [9.17, 15) is 0 Å². The molecule has 2 heterocycles. The Bertz CT molecular complexity index is 612. The van der Waals surface area contributed by atoms with E-state index >= 15 is 0 Å². The maximum atomic E-state index is 5.74. The molecule has 1 aromatic heterocycles. The molecule has 0 bridgehead atoms. The number of nitrogens with zero attached hydrogens (tertiary/aromatic N) is 2. The summed E-state index contributed by atoms with van der Waals surface area (Å²) in [6.07, 6.45) is 1.20. The van der Waals surface area contributed by atoms with Crippen LogP contribution in [0.15, 0.2) is 27.8 Å². The highest BCUT2D eigenvalue weighted by molar-refractivity contribution is 8.04. The first-order valence-electron chi connectivity index (χ1n) is 6.60. The van der Waals surface area contributed by atoms with Crippen LogP contribution in [0.25, 0.3) is 11.5 Å². The molecule has 0 N–H and O–H groups in total. The molecule has 1 aromatic carbocycles. The lowest BCUT2D eigenvalue weighted by Gasteiger charge is -2.07. The first-order chi connectivity index (χ1) is 10.3. The smallest absolute Gasteiger partial charge is 0.277 e. The van der Waals surface area contributed by atoms with Gasteiger partial charge in [-0.05, 0) is 30.4 Å². The standard InChI is InChI=1S/C14H16N2O3S2/c1-17-11-4-3-9(7-12(11)18-2)13-15-16-14(19-13)21-10-5-6-20-8-10/h3-4,7,10H,5-6,8H2,1-2H3/t10-/m0/s1. The van der Waals surface area contributed by atoms with Crippen molar-refractivity contribution in [2.75, 3.05) is 25.7 Å². The van der Waals surface area contributed by atoms with E-state index in [1.807, 2.05) is 30.0 Å². The Kier molecular flexibility index (Phi) is 4.60. The minimum atomic E-state index is 0.504. The number of hydrogen-bond donors (Lipinski definition) is 0. The second kappa shape index (κ2) is 6.62. The van der Waals surface area contributed by atoms with Crippen LogP contribution in [-0.4, -0.2) is 41.2 Å². The maximum Gasteiger partial charge on any atom is 0.277 e. The highest BCUT2D eigenvalue weighted by Crippen LogP contribution is 2.35. The lowest BCUT2D eigenvalue weighted by Crippen LogP contribution is -1.98. The van der Waals surface area contributed by atoms with Gasteiger partial charge >= 0.3 is 0 Å². The predicted octanol–water partition coefficient (Wildman–Crippen LogP) is 3.35. The van der Waals surface area contributed by atoms with Gasteiger partial charge in [0, 0.05) is 16.6 Å². The molecule has 2 aromatic rings. The minimum absolute atomic E-state index is 0.504. The molecule has 21 heavy (non-hydrogen) atoms. The molecule has 1 aliphatic rings. The summed E-state index contributed by atoms with van der Waals surface area (Å²) in [5, 5.41) is 9.45. The van der Waals surface area contributed by atoms with E-state index in [1.54, 1.807) is 26.0 Å². The van der Waals surface area contributed by atoms with Gasteiger partial charge in [-0.2, -0.15) is 11.8 Å². The second-order valence-corrected chi connectivity index (χ2v) is 6.95. The van der Waals surface area contributed by atoms with Crippen molar-refractivity contribution in [1.29, 1.82) is 0 Å². The minimum Gasteiger partial charge on any atom is -0.493 e. The first-order valence-corrected chi connectivity index (χ1v) is 8.64. The summed E-state index contributed by atoms with van der Waals surface area (Å²) in [6, 6.07) is 5.56. The van der Waals surface area contributed by atoms with Crippen LogP contribution in [0.1, 0.15) is 6.42 Å². The molecule has 112 valence electrons. The van der Waals surface area contributed by atoms with Crippen molar-refractivity contribution in [1.82, 2.24) is 10.2 Å². The molecule has 0 saturated carbocycles. The summed E-state index contributed by atoms with van der Waals surface area (Å²) in [4.78, 5) is 0. The van der Waals surface area contributed by atoms with Crippen LogP contribution in [0.4, 0.5) is 0 Å². The van der Waals surface area contributed by atoms with Crippen molar-refractivity contribution in [3.05, 3.63) is 18.2 Å². The van der Waals surface area contributed by atoms with Gasteiger partial charge in [0.15, 0.2) is 11.5 Å². The molecule has 1 aliphatic heterocycles. The van der Waals surface area contributed by atoms with E-state index in [0.29, 0.717) is 27.9 Å². The highest BCUT2D eigenvalue weighted by Gasteiger charge is 2.20. The third-order valence-corrected chi connectivity index (χ3v) is 5.67. The number of thioether (sulfide) groups is 2. The fourth-order valence-corrected chi connectivity index (χ4v) is 4.59. The molecule has 1 saturated heterocycles. The average Bonchev–Trinajstić information content (AvgIpc) is 3.19. The number of methoxy groups -OCH3 is 2. The molecule has 3 rings (SSSR count). The Hall–Kier alpha value is -1.34. The molecule has 1 atom stereocenters. The molecule has 0 spiro atoms. The van der Waals surface area contributed by atoms with E-state index < -0.39 is 0 Å². The fraction of sp³-hybridized carbons (Fsp3) is 0.429. The van der Waals surface area contributed by atoms with E-state index in [-0.39, 0.29) is 0 Å². The molecule has 5 nitrogen and oxygen atoms in total. The van der Waals surface area contributed by atoms with Crippen molar-refractivity contribution in [2.45, 2.75) is 16.9 Å². The average molecular weight is 324 g/mol. The molecule has 1 fully saturated rings. The zero-order valence-corrected chi connectivity index (χ0v) is 13.5. The van der Waals surface area contributed by atoms with Crippen LogP contribution in [0.2, 0.25) is 0 Å². The molecule has 0 amide bonds. The van der Waals surface area contributed by atoms with Crippen LogP contribution < -0.4 is 9.47 Å². The number of ether oxygens (including phenoxy) is 2. The second-order valence-electron chi connectivity index (χ2n) is 4.55. The molecular formula is C14H16N2O3S2. The number of rotatable bonds is 5. The van der Waals surface area contributed by atoms with Gasteiger partial charge in [0.2, 0.25) is 5.89 Å². The normalized spacial score (nSPS) is 17.9. The molecule has 0 radical (unpaired) electrons. The van der Waals surface area contributed by atoms with Crippen molar-refractivity contribution < 1.29 is 13.9 Å². The van der Waals surface area contributed by atoms with Crippen LogP contribution >= 0.6 is 23.5 Å². The topological polar surface area (TPSA) is 57.4 Å². The Morgan fingerprint density at radius 2 is 2.10 bits per heavy atom. The third kappa shape index (κ3) is 3.29. The Balaban J connectivity index is 1.78. The van der Waals surface area contributed by atoms with Gasteiger partial charge < -0.3 is 13.9 Å². The van der Waals surface area contributed by atoms with Gasteiger partial charge in [0.05, 0.1) is 14.2 Å². The summed E-state index contributed by atoms with van der Waals surface area (Å²) in [6.45, 7) is 0. The Morgan fingerprint density at radius 3 is 2.81 bits per heavy atom. The summed E-state index contributed by atoms with van der Waals surface area (Å²) >= 11 is 3.64. The highest BCUT2D eigenvalue weighted by atomic mass is 32.2. The molecular weight excluding hydrogens is 308 g/mol. The van der Waals surface area contributed by atoms with Crippen LogP contribution in [0, 0.1) is 0 Å². The van der Waals surface area contributed by atoms with E-state index in [2.05, 4.69) is 10.2 Å². The maximum absolute atomic E-state index is 5.74. The van der Waals surface area contributed by atoms with E-state index in [0.717, 1.165) is 11.3 Å². The van der Waals surface area contributed by atoms with Gasteiger partial charge in [0.25, 0.3) is 5.22 Å². The Morgan fingerprint density at radius 1 is 1.24 bits per heavy atom. The zero-order valence-electron chi connectivity index (χ0n) is 11.9. The summed E-state index contributed by atoms with van der Waals surface area (Å²) in [5.74, 6) is 4.20. The molecule has 0 aliphatic carbocycles. The number of benzene rings is 1. The lowest BCUT2D eigenvalue weighted by molar-refractivity contribution is 0.355. The van der Waals surface area contributed by atoms with Crippen molar-refractivity contribution in [3.63, 3.8) is 0 Å². The van der Waals surface area contributed by atoms with Gasteiger partial charge in [-0.3, -0.25) is 0 Å². The number of hydrogen-bond acceptors (Lipinski definition) is 7. The SMILES string of the molecule is COc1ccc(-c2nnc(S[C@H]3CCSC3)o2)cc1OC.